The number of hydrogen-bond acceptors (Lipinski definition) is 6. The van der Waals surface area contributed by atoms with Crippen molar-refractivity contribution in [3.8, 4) is 0 Å². The molecule has 0 spiro atoms. The summed E-state index contributed by atoms with van der Waals surface area (Å²) in [6.45, 7) is 14.8. The van der Waals surface area contributed by atoms with Gasteiger partial charge in [0.15, 0.2) is 0 Å². The molecule has 0 aromatic carbocycles. The number of fused-ring (bicyclic) bond motifs is 10. The van der Waals surface area contributed by atoms with Gasteiger partial charge in [-0.15, -0.1) is 0 Å². The Balaban J connectivity index is 0.000000184. The van der Waals surface area contributed by atoms with Crippen molar-refractivity contribution in [2.45, 2.75) is 195 Å². The standard InChI is InChI=1S/2C24H40O3.Mg/c2*1-15(4-9-22(26)27)19-7-8-20-18-6-5-16-14-17(25)10-12-23(16,2)21(18)11-13-24(19,20)3;/h2*15-21,25H,4-14H2,1-3H3,(H,26,27);/q;;+2/p-2/t2*15-,16?,17-,18+,19-,20+,21+,23+,24-;/m11./s1. The number of aliphatic hydroxyl groups excluding tert-OH is 2. The summed E-state index contributed by atoms with van der Waals surface area (Å²) in [6.07, 6.45) is 24.3. The molecule has 308 valence electrons. The number of hydrogen-bond donors (Lipinski definition) is 2. The first-order chi connectivity index (χ1) is 25.5. The third-order valence-corrected chi connectivity index (χ3v) is 20.4. The molecular formula is C48H78MgO6. The Bertz CT molecular complexity index is 1260. The number of carboxylic acid groups (broad SMARTS) is 2. The van der Waals surface area contributed by atoms with E-state index in [2.05, 4.69) is 41.5 Å². The monoisotopic (exact) mass is 775 g/mol. The molecule has 0 saturated heterocycles. The van der Waals surface area contributed by atoms with E-state index in [0.717, 1.165) is 85.9 Å². The van der Waals surface area contributed by atoms with E-state index in [1.54, 1.807) is 0 Å². The molecule has 2 N–H and O–H groups in total. The summed E-state index contributed by atoms with van der Waals surface area (Å²) in [7, 11) is 0. The maximum atomic E-state index is 10.9. The van der Waals surface area contributed by atoms with Gasteiger partial charge in [-0.05, 0) is 234 Å². The second-order valence-corrected chi connectivity index (χ2v) is 22.4. The molecule has 0 heterocycles. The van der Waals surface area contributed by atoms with Crippen LogP contribution in [0, 0.1) is 92.7 Å². The molecule has 8 aliphatic carbocycles. The maximum Gasteiger partial charge on any atom is 2.00 e. The zero-order valence-corrected chi connectivity index (χ0v) is 37.3. The Kier molecular flexibility index (Phi) is 13.6. The van der Waals surface area contributed by atoms with Gasteiger partial charge < -0.3 is 30.0 Å². The third-order valence-electron chi connectivity index (χ3n) is 20.4. The van der Waals surface area contributed by atoms with Crippen molar-refractivity contribution in [3.05, 3.63) is 0 Å². The van der Waals surface area contributed by atoms with E-state index in [0.29, 0.717) is 45.3 Å². The first kappa shape index (κ1) is 44.2. The van der Waals surface area contributed by atoms with Crippen molar-refractivity contribution in [1.82, 2.24) is 0 Å². The second kappa shape index (κ2) is 16.9. The average Bonchev–Trinajstić information content (AvgIpc) is 3.67. The van der Waals surface area contributed by atoms with Gasteiger partial charge in [0.1, 0.15) is 0 Å². The van der Waals surface area contributed by atoms with Crippen LogP contribution >= 0.6 is 0 Å². The van der Waals surface area contributed by atoms with Crippen LogP contribution in [-0.4, -0.2) is 57.4 Å². The van der Waals surface area contributed by atoms with E-state index in [-0.39, 0.29) is 48.1 Å². The van der Waals surface area contributed by atoms with Crippen LogP contribution in [0.25, 0.3) is 0 Å². The van der Waals surface area contributed by atoms with Crippen LogP contribution in [-0.2, 0) is 9.59 Å². The minimum atomic E-state index is -0.893. The molecule has 8 aliphatic rings. The fourth-order valence-corrected chi connectivity index (χ4v) is 17.5. The summed E-state index contributed by atoms with van der Waals surface area (Å²) < 4.78 is 0. The van der Waals surface area contributed by atoms with E-state index >= 15 is 0 Å². The van der Waals surface area contributed by atoms with Crippen LogP contribution in [0.3, 0.4) is 0 Å². The quantitative estimate of drug-likeness (QED) is 0.242. The zero-order chi connectivity index (χ0) is 38.8. The number of aliphatic hydroxyl groups is 2. The topological polar surface area (TPSA) is 121 Å². The summed E-state index contributed by atoms with van der Waals surface area (Å²) in [5, 5.41) is 42.2. The van der Waals surface area contributed by atoms with Gasteiger partial charge in [-0.3, -0.25) is 0 Å². The summed E-state index contributed by atoms with van der Waals surface area (Å²) in [4.78, 5) is 21.9. The minimum absolute atomic E-state index is 0. The number of aliphatic carboxylic acids is 2. The van der Waals surface area contributed by atoms with Crippen LogP contribution < -0.4 is 10.2 Å². The van der Waals surface area contributed by atoms with Crippen molar-refractivity contribution in [3.63, 3.8) is 0 Å². The third kappa shape index (κ3) is 8.00. The summed E-state index contributed by atoms with van der Waals surface area (Å²) in [5.41, 5.74) is 1.71. The molecule has 55 heavy (non-hydrogen) atoms. The van der Waals surface area contributed by atoms with Gasteiger partial charge in [0, 0.05) is 11.9 Å². The Labute approximate surface area is 351 Å². The maximum absolute atomic E-state index is 10.9. The van der Waals surface area contributed by atoms with E-state index in [4.69, 9.17) is 0 Å². The van der Waals surface area contributed by atoms with Gasteiger partial charge in [-0.1, -0.05) is 41.5 Å². The predicted molar refractivity (Wildman–Crippen MR) is 215 cm³/mol. The summed E-state index contributed by atoms with van der Waals surface area (Å²) in [6, 6.07) is 0. The Morgan fingerprint density at radius 1 is 0.527 bits per heavy atom. The SMILES string of the molecule is C[C@H](CCC(=O)[O-])[C@H]1CC[C@H]2[C@@H]3CCC4C[C@H](O)CC[C@]4(C)[C@H]3CC[C@]12C.C[C@H](CCC(=O)[O-])[C@H]1CC[C@H]2[C@@H]3CCC4C[C@H](O)CC[C@]4(C)[C@H]3CC[C@]12C.[Mg+2]. The minimum Gasteiger partial charge on any atom is -0.550 e. The molecule has 0 radical (unpaired) electrons. The summed E-state index contributed by atoms with van der Waals surface area (Å²) in [5.74, 6) is 7.09. The average molecular weight is 775 g/mol. The molecule has 8 fully saturated rings. The summed E-state index contributed by atoms with van der Waals surface area (Å²) >= 11 is 0. The molecule has 18 atom stereocenters. The Morgan fingerprint density at radius 2 is 0.873 bits per heavy atom. The molecule has 7 heteroatoms. The van der Waals surface area contributed by atoms with Gasteiger partial charge in [0.25, 0.3) is 0 Å². The van der Waals surface area contributed by atoms with Crippen LogP contribution in [0.1, 0.15) is 183 Å². The largest absolute Gasteiger partial charge is 2.00 e. The zero-order valence-electron chi connectivity index (χ0n) is 35.9. The van der Waals surface area contributed by atoms with Gasteiger partial charge in [-0.25, -0.2) is 0 Å². The first-order valence-corrected chi connectivity index (χ1v) is 23.3. The fraction of sp³-hybridized carbons (Fsp3) is 0.958. The number of carbonyl (C=O) groups is 2. The molecule has 0 aromatic rings. The molecular weight excluding hydrogens is 697 g/mol. The van der Waals surface area contributed by atoms with Crippen LogP contribution in [0.15, 0.2) is 0 Å². The van der Waals surface area contributed by atoms with Crippen molar-refractivity contribution >= 4 is 35.0 Å². The molecule has 0 bridgehead atoms. The number of carboxylic acids is 2. The van der Waals surface area contributed by atoms with Crippen molar-refractivity contribution in [2.24, 2.45) is 92.7 Å². The van der Waals surface area contributed by atoms with Crippen molar-refractivity contribution in [1.29, 1.82) is 0 Å². The molecule has 0 aliphatic heterocycles. The van der Waals surface area contributed by atoms with Crippen molar-refractivity contribution < 1.29 is 30.0 Å². The number of carbonyl (C=O) groups excluding carboxylic acids is 2. The molecule has 2 unspecified atom stereocenters. The van der Waals surface area contributed by atoms with Gasteiger partial charge >= 0.3 is 23.1 Å². The molecule has 0 amide bonds. The molecule has 6 nitrogen and oxygen atoms in total. The van der Waals surface area contributed by atoms with Gasteiger partial charge in [0.05, 0.1) is 12.2 Å². The van der Waals surface area contributed by atoms with E-state index in [1.165, 1.54) is 89.9 Å². The first-order valence-electron chi connectivity index (χ1n) is 23.3. The van der Waals surface area contributed by atoms with Crippen LogP contribution in [0.2, 0.25) is 0 Å². The number of rotatable bonds is 8. The van der Waals surface area contributed by atoms with Crippen molar-refractivity contribution in [2.75, 3.05) is 0 Å². The van der Waals surface area contributed by atoms with Crippen LogP contribution in [0.5, 0.6) is 0 Å². The smallest absolute Gasteiger partial charge is 0.550 e. The molecule has 8 saturated carbocycles. The normalized spacial score (nSPS) is 49.5. The van der Waals surface area contributed by atoms with E-state index in [9.17, 15) is 30.0 Å². The Hall–Kier alpha value is -0.374. The van der Waals surface area contributed by atoms with Gasteiger partial charge in [-0.2, -0.15) is 0 Å². The van der Waals surface area contributed by atoms with Gasteiger partial charge in [0.2, 0.25) is 0 Å². The van der Waals surface area contributed by atoms with Crippen LogP contribution in [0.4, 0.5) is 0 Å². The van der Waals surface area contributed by atoms with E-state index in [1.807, 2.05) is 0 Å². The predicted octanol–water partition coefficient (Wildman–Crippen LogP) is 7.96. The molecule has 0 aromatic heterocycles. The second-order valence-electron chi connectivity index (χ2n) is 22.4. The molecule has 8 rings (SSSR count). The fourth-order valence-electron chi connectivity index (χ4n) is 17.5. The Morgan fingerprint density at radius 3 is 1.24 bits per heavy atom. The van der Waals surface area contributed by atoms with E-state index < -0.39 is 11.9 Å².